The quantitative estimate of drug-likeness (QED) is 0.624. The molecule has 2 aromatic heterocycles. The lowest BCUT2D eigenvalue weighted by atomic mass is 10.1. The van der Waals surface area contributed by atoms with Gasteiger partial charge in [0.2, 0.25) is 0 Å². The Morgan fingerprint density at radius 2 is 2.00 bits per heavy atom. The van der Waals surface area contributed by atoms with Crippen LogP contribution in [0.4, 0.5) is 0 Å². The fraction of sp³-hybridized carbons (Fsp3) is 0.111. The molecule has 4 rings (SSSR count). The number of rotatable bonds is 3. The summed E-state index contributed by atoms with van der Waals surface area (Å²) < 4.78 is 3.39. The number of aliphatic hydroxyl groups is 1. The predicted octanol–water partition coefficient (Wildman–Crippen LogP) is 3.04. The zero-order valence-electron chi connectivity index (χ0n) is 12.6. The molecular weight excluding hydrogens is 326 g/mol. The summed E-state index contributed by atoms with van der Waals surface area (Å²) >= 11 is 5.99. The normalized spacial score (nSPS) is 12.8. The Hall–Kier alpha value is -2.63. The van der Waals surface area contributed by atoms with Gasteiger partial charge in [0.1, 0.15) is 12.0 Å². The van der Waals surface area contributed by atoms with Crippen molar-refractivity contribution in [1.29, 1.82) is 0 Å². The van der Waals surface area contributed by atoms with E-state index in [9.17, 15) is 9.90 Å². The van der Waals surface area contributed by atoms with Gasteiger partial charge in [0, 0.05) is 5.02 Å². The van der Waals surface area contributed by atoms with E-state index in [1.807, 2.05) is 22.6 Å². The third-order valence-corrected chi connectivity index (χ3v) is 4.36. The Morgan fingerprint density at radius 3 is 2.83 bits per heavy atom. The van der Waals surface area contributed by atoms with Crippen LogP contribution >= 0.6 is 11.6 Å². The first kappa shape index (κ1) is 14.9. The van der Waals surface area contributed by atoms with Crippen molar-refractivity contribution in [2.45, 2.75) is 12.6 Å². The van der Waals surface area contributed by atoms with E-state index in [-0.39, 0.29) is 12.1 Å². The number of hydrogen-bond acceptors (Lipinski definition) is 3. The molecule has 0 bridgehead atoms. The van der Waals surface area contributed by atoms with E-state index in [1.54, 1.807) is 47.4 Å². The van der Waals surface area contributed by atoms with Gasteiger partial charge >= 0.3 is 0 Å². The number of nitrogens with zero attached hydrogens (tertiary/aromatic N) is 3. The second kappa shape index (κ2) is 5.78. The van der Waals surface area contributed by atoms with Crippen LogP contribution in [-0.2, 0) is 6.54 Å². The van der Waals surface area contributed by atoms with Crippen molar-refractivity contribution in [2.24, 2.45) is 0 Å². The molecule has 1 unspecified atom stereocenters. The van der Waals surface area contributed by atoms with Crippen molar-refractivity contribution in [3.05, 3.63) is 82.0 Å². The highest BCUT2D eigenvalue weighted by Crippen LogP contribution is 2.20. The lowest BCUT2D eigenvalue weighted by Crippen LogP contribution is -2.25. The van der Waals surface area contributed by atoms with Crippen LogP contribution in [0.5, 0.6) is 0 Å². The molecule has 0 fully saturated rings. The number of aliphatic hydroxyl groups excluding tert-OH is 1. The van der Waals surface area contributed by atoms with E-state index >= 15 is 0 Å². The maximum atomic E-state index is 12.9. The van der Waals surface area contributed by atoms with Crippen LogP contribution in [-0.4, -0.2) is 19.1 Å². The van der Waals surface area contributed by atoms with Crippen molar-refractivity contribution in [1.82, 2.24) is 14.0 Å². The molecule has 0 saturated heterocycles. The minimum absolute atomic E-state index is 0.124. The highest BCUT2D eigenvalue weighted by Gasteiger charge is 2.15. The van der Waals surface area contributed by atoms with Crippen molar-refractivity contribution >= 4 is 28.2 Å². The van der Waals surface area contributed by atoms with Gasteiger partial charge < -0.3 is 5.11 Å². The number of aromatic nitrogens is 3. The molecule has 6 heteroatoms. The maximum absolute atomic E-state index is 12.9. The second-order valence-corrected chi connectivity index (χ2v) is 6.06. The predicted molar refractivity (Wildman–Crippen MR) is 93.4 cm³/mol. The van der Waals surface area contributed by atoms with Gasteiger partial charge in [0.05, 0.1) is 29.7 Å². The average molecular weight is 340 g/mol. The number of imidazole rings is 1. The van der Waals surface area contributed by atoms with Crippen LogP contribution in [0.1, 0.15) is 11.7 Å². The molecule has 1 N–H and O–H groups in total. The molecule has 0 saturated carbocycles. The monoisotopic (exact) mass is 339 g/mol. The van der Waals surface area contributed by atoms with Crippen LogP contribution in [0.2, 0.25) is 5.02 Å². The van der Waals surface area contributed by atoms with E-state index in [2.05, 4.69) is 4.98 Å². The Kier molecular flexibility index (Phi) is 3.59. The molecule has 1 atom stereocenters. The van der Waals surface area contributed by atoms with Crippen LogP contribution < -0.4 is 5.56 Å². The van der Waals surface area contributed by atoms with E-state index in [0.29, 0.717) is 21.6 Å². The number of halogens is 1. The minimum atomic E-state index is -0.846. The van der Waals surface area contributed by atoms with Gasteiger partial charge in [-0.3, -0.25) is 13.8 Å². The molecule has 5 nitrogen and oxygen atoms in total. The zero-order chi connectivity index (χ0) is 16.7. The van der Waals surface area contributed by atoms with E-state index in [1.165, 1.54) is 0 Å². The van der Waals surface area contributed by atoms with Gasteiger partial charge in [-0.25, -0.2) is 4.98 Å². The van der Waals surface area contributed by atoms with Crippen molar-refractivity contribution in [3.8, 4) is 0 Å². The summed E-state index contributed by atoms with van der Waals surface area (Å²) in [5.74, 6) is 0. The first-order valence-electron chi connectivity index (χ1n) is 7.52. The van der Waals surface area contributed by atoms with Crippen LogP contribution in [0, 0.1) is 0 Å². The van der Waals surface area contributed by atoms with Crippen LogP contribution in [0.3, 0.4) is 0 Å². The zero-order valence-corrected chi connectivity index (χ0v) is 13.4. The number of hydrogen-bond donors (Lipinski definition) is 1. The fourth-order valence-electron chi connectivity index (χ4n) is 2.96. The topological polar surface area (TPSA) is 59.5 Å². The minimum Gasteiger partial charge on any atom is -0.387 e. The number of para-hydroxylation sites is 1. The third-order valence-electron chi connectivity index (χ3n) is 4.12. The Bertz CT molecular complexity index is 1100. The molecule has 0 aliphatic heterocycles. The lowest BCUT2D eigenvalue weighted by Gasteiger charge is -2.16. The largest absolute Gasteiger partial charge is 0.387 e. The van der Waals surface area contributed by atoms with Crippen LogP contribution in [0.25, 0.3) is 16.6 Å². The second-order valence-electron chi connectivity index (χ2n) is 5.63. The summed E-state index contributed by atoms with van der Waals surface area (Å²) in [7, 11) is 0. The van der Waals surface area contributed by atoms with E-state index < -0.39 is 6.10 Å². The number of benzene rings is 2. The highest BCUT2D eigenvalue weighted by molar-refractivity contribution is 6.30. The molecule has 0 spiro atoms. The van der Waals surface area contributed by atoms with Crippen molar-refractivity contribution in [3.63, 3.8) is 0 Å². The van der Waals surface area contributed by atoms with E-state index in [4.69, 9.17) is 11.6 Å². The molecule has 0 radical (unpaired) electrons. The molecule has 0 aliphatic carbocycles. The van der Waals surface area contributed by atoms with Gasteiger partial charge in [-0.15, -0.1) is 0 Å². The molecule has 4 aromatic rings. The Labute approximate surface area is 142 Å². The molecule has 0 aliphatic rings. The summed E-state index contributed by atoms with van der Waals surface area (Å²) in [6.45, 7) is 0.124. The summed E-state index contributed by atoms with van der Waals surface area (Å²) in [6, 6.07) is 14.4. The smallest absolute Gasteiger partial charge is 0.261 e. The van der Waals surface area contributed by atoms with Crippen LogP contribution in [0.15, 0.2) is 65.8 Å². The maximum Gasteiger partial charge on any atom is 0.261 e. The fourth-order valence-corrected chi connectivity index (χ4v) is 3.15. The SMILES string of the molecule is O=c1c2ccccc2n2cncc2n1CC(O)c1cccc(Cl)c1. The molecule has 2 heterocycles. The van der Waals surface area contributed by atoms with Gasteiger partial charge in [0.25, 0.3) is 5.56 Å². The lowest BCUT2D eigenvalue weighted by molar-refractivity contribution is 0.156. The van der Waals surface area contributed by atoms with Gasteiger partial charge in [0.15, 0.2) is 0 Å². The van der Waals surface area contributed by atoms with E-state index in [0.717, 1.165) is 5.52 Å². The summed E-state index contributed by atoms with van der Waals surface area (Å²) in [5, 5.41) is 11.7. The summed E-state index contributed by atoms with van der Waals surface area (Å²) in [6.07, 6.45) is 2.44. The van der Waals surface area contributed by atoms with Crippen molar-refractivity contribution in [2.75, 3.05) is 0 Å². The molecule has 2 aromatic carbocycles. The highest BCUT2D eigenvalue weighted by atomic mass is 35.5. The molecule has 0 amide bonds. The van der Waals surface area contributed by atoms with Gasteiger partial charge in [-0.05, 0) is 29.8 Å². The first-order chi connectivity index (χ1) is 11.6. The Balaban J connectivity index is 1.88. The van der Waals surface area contributed by atoms with Gasteiger partial charge in [-0.1, -0.05) is 35.9 Å². The standard InChI is InChI=1S/C18H14ClN3O2/c19-13-5-3-4-12(8-13)16(23)10-21-17-9-20-11-22(17)15-7-2-1-6-14(15)18(21)24/h1-9,11,16,23H,10H2. The third kappa shape index (κ3) is 2.38. The summed E-state index contributed by atoms with van der Waals surface area (Å²) in [5.41, 5.74) is 1.95. The van der Waals surface area contributed by atoms with Crippen molar-refractivity contribution < 1.29 is 5.11 Å². The first-order valence-corrected chi connectivity index (χ1v) is 7.90. The Morgan fingerprint density at radius 1 is 1.17 bits per heavy atom. The average Bonchev–Trinajstić information content (AvgIpc) is 3.08. The summed E-state index contributed by atoms with van der Waals surface area (Å²) in [4.78, 5) is 17.0. The molecule has 24 heavy (non-hydrogen) atoms. The molecular formula is C18H14ClN3O2. The van der Waals surface area contributed by atoms with Gasteiger partial charge in [-0.2, -0.15) is 0 Å². The molecule has 120 valence electrons. The number of fused-ring (bicyclic) bond motifs is 3.